The van der Waals surface area contributed by atoms with Crippen LogP contribution in [0.1, 0.15) is 65.7 Å². The van der Waals surface area contributed by atoms with Crippen molar-refractivity contribution in [3.8, 4) is 0 Å². The number of nitrogens with zero attached hydrogens (tertiary/aromatic N) is 1. The van der Waals surface area contributed by atoms with Crippen LogP contribution in [0.5, 0.6) is 0 Å². The van der Waals surface area contributed by atoms with Gasteiger partial charge in [-0.3, -0.25) is 0 Å². The molecule has 0 aliphatic carbocycles. The maximum Gasteiger partial charge on any atom is 0.00669 e. The zero-order valence-corrected chi connectivity index (χ0v) is 12.2. The molecule has 2 unspecified atom stereocenters. The first-order valence-corrected chi connectivity index (χ1v) is 7.71. The van der Waals surface area contributed by atoms with E-state index in [1.807, 2.05) is 0 Å². The van der Waals surface area contributed by atoms with Crippen LogP contribution in [0.3, 0.4) is 0 Å². The van der Waals surface area contributed by atoms with E-state index in [2.05, 4.69) is 31.0 Å². The maximum atomic E-state index is 3.57. The Labute approximate surface area is 108 Å². The number of unbranched alkanes of at least 4 members (excludes halogenated alkanes) is 1. The summed E-state index contributed by atoms with van der Waals surface area (Å²) in [6, 6.07) is 1.54. The molecule has 0 aromatic rings. The Bertz CT molecular complexity index is 182. The third-order valence-corrected chi connectivity index (χ3v) is 4.02. The quantitative estimate of drug-likeness (QED) is 0.654. The smallest absolute Gasteiger partial charge is 0.00669 e. The van der Waals surface area contributed by atoms with Crippen molar-refractivity contribution in [2.45, 2.75) is 77.8 Å². The molecule has 0 radical (unpaired) electrons. The largest absolute Gasteiger partial charge is 0.314 e. The van der Waals surface area contributed by atoms with E-state index in [-0.39, 0.29) is 0 Å². The van der Waals surface area contributed by atoms with E-state index in [9.17, 15) is 0 Å². The van der Waals surface area contributed by atoms with Gasteiger partial charge in [0.1, 0.15) is 0 Å². The van der Waals surface area contributed by atoms with Crippen LogP contribution in [0.15, 0.2) is 0 Å². The molecule has 1 rings (SSSR count). The molecule has 0 amide bonds. The first-order chi connectivity index (χ1) is 8.24. The molecule has 1 fully saturated rings. The van der Waals surface area contributed by atoms with Gasteiger partial charge in [-0.25, -0.2) is 0 Å². The minimum atomic E-state index is 0.703. The Morgan fingerprint density at radius 2 is 2.12 bits per heavy atom. The van der Waals surface area contributed by atoms with Crippen LogP contribution in [0, 0.1) is 0 Å². The highest BCUT2D eigenvalue weighted by molar-refractivity contribution is 4.73. The number of likely N-dealkylation sites (tertiary alicyclic amines) is 1. The lowest BCUT2D eigenvalue weighted by atomic mass is 10.0. The number of hydrogen-bond donors (Lipinski definition) is 1. The minimum absolute atomic E-state index is 0.703. The summed E-state index contributed by atoms with van der Waals surface area (Å²) in [5, 5.41) is 3.57. The standard InChI is InChI=1S/C15H32N2/c1-4-11-16-14(2)9-5-7-12-17-13-8-6-10-15(17)3/h14-16H,4-13H2,1-3H3. The van der Waals surface area contributed by atoms with Gasteiger partial charge in [0, 0.05) is 12.1 Å². The van der Waals surface area contributed by atoms with Crippen LogP contribution >= 0.6 is 0 Å². The minimum Gasteiger partial charge on any atom is -0.314 e. The van der Waals surface area contributed by atoms with Crippen molar-refractivity contribution in [3.63, 3.8) is 0 Å². The third kappa shape index (κ3) is 6.42. The van der Waals surface area contributed by atoms with E-state index in [1.54, 1.807) is 0 Å². The predicted molar refractivity (Wildman–Crippen MR) is 76.5 cm³/mol. The van der Waals surface area contributed by atoms with E-state index in [0.717, 1.165) is 6.04 Å². The van der Waals surface area contributed by atoms with Crippen molar-refractivity contribution >= 4 is 0 Å². The Balaban J connectivity index is 1.99. The van der Waals surface area contributed by atoms with E-state index in [1.165, 1.54) is 64.6 Å². The van der Waals surface area contributed by atoms with Gasteiger partial charge in [-0.2, -0.15) is 0 Å². The van der Waals surface area contributed by atoms with Gasteiger partial charge < -0.3 is 10.2 Å². The Morgan fingerprint density at radius 3 is 2.82 bits per heavy atom. The van der Waals surface area contributed by atoms with Crippen LogP contribution in [0.25, 0.3) is 0 Å². The molecule has 17 heavy (non-hydrogen) atoms. The molecular weight excluding hydrogens is 208 g/mol. The zero-order chi connectivity index (χ0) is 12.5. The Kier molecular flexibility index (Phi) is 7.87. The summed E-state index contributed by atoms with van der Waals surface area (Å²) in [7, 11) is 0. The van der Waals surface area contributed by atoms with Crippen molar-refractivity contribution in [2.24, 2.45) is 0 Å². The van der Waals surface area contributed by atoms with E-state index >= 15 is 0 Å². The summed E-state index contributed by atoms with van der Waals surface area (Å²) in [6.45, 7) is 10.8. The second-order valence-corrected chi connectivity index (χ2v) is 5.73. The predicted octanol–water partition coefficient (Wildman–Crippen LogP) is 3.42. The summed E-state index contributed by atoms with van der Waals surface area (Å²) in [5.74, 6) is 0. The van der Waals surface area contributed by atoms with Gasteiger partial charge in [-0.05, 0) is 65.6 Å². The van der Waals surface area contributed by atoms with Crippen LogP contribution in [0.4, 0.5) is 0 Å². The van der Waals surface area contributed by atoms with Crippen LogP contribution < -0.4 is 5.32 Å². The van der Waals surface area contributed by atoms with Crippen molar-refractivity contribution in [1.82, 2.24) is 10.2 Å². The SMILES string of the molecule is CCCNC(C)CCCCN1CCCCC1C. The average molecular weight is 240 g/mol. The molecule has 1 aliphatic rings. The molecule has 1 N–H and O–H groups in total. The molecule has 2 atom stereocenters. The second-order valence-electron chi connectivity index (χ2n) is 5.73. The van der Waals surface area contributed by atoms with Crippen LogP contribution in [0.2, 0.25) is 0 Å². The molecule has 1 saturated heterocycles. The van der Waals surface area contributed by atoms with Gasteiger partial charge in [-0.1, -0.05) is 19.8 Å². The lowest BCUT2D eigenvalue weighted by molar-refractivity contribution is 0.157. The van der Waals surface area contributed by atoms with E-state index < -0.39 is 0 Å². The summed E-state index contributed by atoms with van der Waals surface area (Å²) in [5.41, 5.74) is 0. The van der Waals surface area contributed by atoms with Crippen LogP contribution in [-0.4, -0.2) is 36.6 Å². The zero-order valence-electron chi connectivity index (χ0n) is 12.2. The number of piperidine rings is 1. The van der Waals surface area contributed by atoms with E-state index in [4.69, 9.17) is 0 Å². The summed E-state index contributed by atoms with van der Waals surface area (Å²) in [6.07, 6.45) is 9.60. The lowest BCUT2D eigenvalue weighted by Gasteiger charge is -2.33. The molecule has 0 bridgehead atoms. The highest BCUT2D eigenvalue weighted by atomic mass is 15.1. The molecule has 0 spiro atoms. The molecule has 0 saturated carbocycles. The molecule has 1 aliphatic heterocycles. The number of nitrogens with one attached hydrogen (secondary N) is 1. The maximum absolute atomic E-state index is 3.57. The van der Waals surface area contributed by atoms with Gasteiger partial charge in [-0.15, -0.1) is 0 Å². The van der Waals surface area contributed by atoms with Crippen molar-refractivity contribution in [2.75, 3.05) is 19.6 Å². The normalized spacial score (nSPS) is 23.8. The molecule has 102 valence electrons. The van der Waals surface area contributed by atoms with Gasteiger partial charge >= 0.3 is 0 Å². The summed E-state index contributed by atoms with van der Waals surface area (Å²) >= 11 is 0. The molecule has 0 aromatic heterocycles. The molecule has 2 heteroatoms. The fourth-order valence-electron chi connectivity index (χ4n) is 2.75. The highest BCUT2D eigenvalue weighted by Gasteiger charge is 2.17. The van der Waals surface area contributed by atoms with Gasteiger partial charge in [0.05, 0.1) is 0 Å². The number of rotatable bonds is 8. The molecule has 1 heterocycles. The summed E-state index contributed by atoms with van der Waals surface area (Å²) < 4.78 is 0. The Morgan fingerprint density at radius 1 is 1.29 bits per heavy atom. The fourth-order valence-corrected chi connectivity index (χ4v) is 2.75. The monoisotopic (exact) mass is 240 g/mol. The van der Waals surface area contributed by atoms with Crippen LogP contribution in [-0.2, 0) is 0 Å². The molecule has 0 aromatic carbocycles. The third-order valence-electron chi connectivity index (χ3n) is 4.02. The van der Waals surface area contributed by atoms with Crippen molar-refractivity contribution < 1.29 is 0 Å². The topological polar surface area (TPSA) is 15.3 Å². The summed E-state index contributed by atoms with van der Waals surface area (Å²) in [4.78, 5) is 2.69. The lowest BCUT2D eigenvalue weighted by Crippen LogP contribution is -2.38. The second kappa shape index (κ2) is 8.93. The molecular formula is C15H32N2. The van der Waals surface area contributed by atoms with Crippen molar-refractivity contribution in [3.05, 3.63) is 0 Å². The Hall–Kier alpha value is -0.0800. The van der Waals surface area contributed by atoms with Gasteiger partial charge in [0.15, 0.2) is 0 Å². The van der Waals surface area contributed by atoms with E-state index in [0.29, 0.717) is 6.04 Å². The van der Waals surface area contributed by atoms with Gasteiger partial charge in [0.2, 0.25) is 0 Å². The average Bonchev–Trinajstić information content (AvgIpc) is 2.34. The number of hydrogen-bond acceptors (Lipinski definition) is 2. The first-order valence-electron chi connectivity index (χ1n) is 7.71. The highest BCUT2D eigenvalue weighted by Crippen LogP contribution is 2.17. The molecule has 2 nitrogen and oxygen atoms in total. The first kappa shape index (κ1) is 15.0. The van der Waals surface area contributed by atoms with Gasteiger partial charge in [0.25, 0.3) is 0 Å². The fraction of sp³-hybridized carbons (Fsp3) is 1.00. The van der Waals surface area contributed by atoms with Crippen molar-refractivity contribution in [1.29, 1.82) is 0 Å².